The molecule has 1 rings (SSSR count). The monoisotopic (exact) mass is 302 g/mol. The third kappa shape index (κ3) is 4.83. The van der Waals surface area contributed by atoms with E-state index >= 15 is 0 Å². The largest absolute Gasteiger partial charge is 0.352 e. The molecule has 3 nitrogen and oxygen atoms in total. The summed E-state index contributed by atoms with van der Waals surface area (Å²) in [4.78, 5) is 13.7. The van der Waals surface area contributed by atoms with E-state index < -0.39 is 5.82 Å². The fourth-order valence-electron chi connectivity index (χ4n) is 1.34. The van der Waals surface area contributed by atoms with Gasteiger partial charge in [0, 0.05) is 12.1 Å². The number of carbonyl (C=O) groups is 1. The van der Waals surface area contributed by atoms with E-state index in [9.17, 15) is 9.18 Å². The van der Waals surface area contributed by atoms with Crippen LogP contribution in [0.25, 0.3) is 0 Å². The summed E-state index contributed by atoms with van der Waals surface area (Å²) in [7, 11) is 3.96. The summed E-state index contributed by atoms with van der Waals surface area (Å²) in [6.07, 6.45) is 0.873. The highest BCUT2D eigenvalue weighted by Gasteiger charge is 2.07. The highest BCUT2D eigenvalue weighted by atomic mass is 79.9. The Morgan fingerprint density at radius 1 is 1.47 bits per heavy atom. The van der Waals surface area contributed by atoms with Crippen molar-refractivity contribution < 1.29 is 9.18 Å². The molecule has 0 fully saturated rings. The van der Waals surface area contributed by atoms with Gasteiger partial charge in [0.25, 0.3) is 5.91 Å². The molecule has 1 aromatic carbocycles. The highest BCUT2D eigenvalue weighted by molar-refractivity contribution is 9.10. The number of rotatable bonds is 5. The maximum atomic E-state index is 13.2. The van der Waals surface area contributed by atoms with Crippen LogP contribution in [0.2, 0.25) is 0 Å². The van der Waals surface area contributed by atoms with E-state index in [1.165, 1.54) is 12.1 Å². The first-order valence-electron chi connectivity index (χ1n) is 5.38. The van der Waals surface area contributed by atoms with Crippen molar-refractivity contribution in [1.82, 2.24) is 10.2 Å². The molecule has 1 amide bonds. The highest BCUT2D eigenvalue weighted by Crippen LogP contribution is 2.16. The van der Waals surface area contributed by atoms with Gasteiger partial charge in [0.15, 0.2) is 0 Å². The lowest BCUT2D eigenvalue weighted by Crippen LogP contribution is -2.27. The second-order valence-corrected chi connectivity index (χ2v) is 4.90. The van der Waals surface area contributed by atoms with Crippen molar-refractivity contribution in [3.05, 3.63) is 34.1 Å². The van der Waals surface area contributed by atoms with Gasteiger partial charge in [0.2, 0.25) is 0 Å². The predicted molar refractivity (Wildman–Crippen MR) is 69.6 cm³/mol. The first-order valence-corrected chi connectivity index (χ1v) is 6.18. The van der Waals surface area contributed by atoms with Gasteiger partial charge in [-0.3, -0.25) is 4.79 Å². The number of nitrogens with one attached hydrogen (secondary N) is 1. The van der Waals surface area contributed by atoms with Gasteiger partial charge in [-0.15, -0.1) is 0 Å². The van der Waals surface area contributed by atoms with Crippen LogP contribution in [0.5, 0.6) is 0 Å². The normalized spacial score (nSPS) is 10.6. The number of amides is 1. The van der Waals surface area contributed by atoms with E-state index in [4.69, 9.17) is 0 Å². The van der Waals surface area contributed by atoms with E-state index in [1.807, 2.05) is 19.0 Å². The number of hydrogen-bond donors (Lipinski definition) is 1. The van der Waals surface area contributed by atoms with Crippen molar-refractivity contribution in [3.63, 3.8) is 0 Å². The molecule has 0 aliphatic carbocycles. The van der Waals surface area contributed by atoms with Crippen LogP contribution in [-0.4, -0.2) is 38.0 Å². The molecule has 94 valence electrons. The minimum atomic E-state index is -0.425. The molecular formula is C12H16BrFN2O. The van der Waals surface area contributed by atoms with Crippen LogP contribution < -0.4 is 5.32 Å². The minimum absolute atomic E-state index is 0.241. The summed E-state index contributed by atoms with van der Waals surface area (Å²) < 4.78 is 13.6. The van der Waals surface area contributed by atoms with Gasteiger partial charge < -0.3 is 10.2 Å². The van der Waals surface area contributed by atoms with Crippen LogP contribution in [0.3, 0.4) is 0 Å². The minimum Gasteiger partial charge on any atom is -0.352 e. The van der Waals surface area contributed by atoms with Gasteiger partial charge in [0.05, 0.1) is 4.47 Å². The summed E-state index contributed by atoms with van der Waals surface area (Å²) >= 11 is 3.05. The van der Waals surface area contributed by atoms with Crippen molar-refractivity contribution in [3.8, 4) is 0 Å². The number of carbonyl (C=O) groups excluding carboxylic acids is 1. The average molecular weight is 303 g/mol. The quantitative estimate of drug-likeness (QED) is 0.846. The maximum Gasteiger partial charge on any atom is 0.251 e. The first-order chi connectivity index (χ1) is 8.00. The predicted octanol–water partition coefficient (Wildman–Crippen LogP) is 2.27. The Morgan fingerprint density at radius 3 is 2.76 bits per heavy atom. The van der Waals surface area contributed by atoms with E-state index in [0.717, 1.165) is 13.0 Å². The topological polar surface area (TPSA) is 32.3 Å². The molecule has 0 saturated heterocycles. The molecule has 0 bridgehead atoms. The van der Waals surface area contributed by atoms with Gasteiger partial charge in [-0.2, -0.15) is 0 Å². The van der Waals surface area contributed by atoms with Gasteiger partial charge in [0.1, 0.15) is 5.82 Å². The van der Waals surface area contributed by atoms with E-state index in [1.54, 1.807) is 6.07 Å². The lowest BCUT2D eigenvalue weighted by molar-refractivity contribution is 0.0952. The van der Waals surface area contributed by atoms with Crippen LogP contribution >= 0.6 is 15.9 Å². The lowest BCUT2D eigenvalue weighted by Gasteiger charge is -2.10. The summed E-state index contributed by atoms with van der Waals surface area (Å²) in [6, 6.07) is 4.35. The van der Waals surface area contributed by atoms with Crippen molar-refractivity contribution in [2.45, 2.75) is 6.42 Å². The second-order valence-electron chi connectivity index (χ2n) is 4.04. The molecule has 0 saturated carbocycles. The molecule has 0 radical (unpaired) electrons. The molecule has 0 aromatic heterocycles. The molecule has 17 heavy (non-hydrogen) atoms. The van der Waals surface area contributed by atoms with E-state index in [2.05, 4.69) is 21.2 Å². The van der Waals surface area contributed by atoms with Gasteiger partial charge in [-0.05, 0) is 61.2 Å². The summed E-state index contributed by atoms with van der Waals surface area (Å²) in [6.45, 7) is 1.50. The van der Waals surface area contributed by atoms with Gasteiger partial charge in [-0.1, -0.05) is 0 Å². The van der Waals surface area contributed by atoms with Crippen LogP contribution in [0, 0.1) is 5.82 Å². The molecule has 1 N–H and O–H groups in total. The van der Waals surface area contributed by atoms with Crippen molar-refractivity contribution in [2.75, 3.05) is 27.2 Å². The van der Waals surface area contributed by atoms with E-state index in [-0.39, 0.29) is 5.91 Å². The Hall–Kier alpha value is -0.940. The zero-order chi connectivity index (χ0) is 12.8. The fraction of sp³-hybridized carbons (Fsp3) is 0.417. The van der Waals surface area contributed by atoms with Crippen LogP contribution in [0.1, 0.15) is 16.8 Å². The van der Waals surface area contributed by atoms with Crippen LogP contribution in [-0.2, 0) is 0 Å². The van der Waals surface area contributed by atoms with Gasteiger partial charge in [-0.25, -0.2) is 4.39 Å². The Labute approximate surface area is 109 Å². The van der Waals surface area contributed by atoms with Gasteiger partial charge >= 0.3 is 0 Å². The number of hydrogen-bond acceptors (Lipinski definition) is 2. The summed E-state index contributed by atoms with van der Waals surface area (Å²) in [5.41, 5.74) is 0.343. The molecule has 0 aliphatic heterocycles. The third-order valence-corrected chi connectivity index (χ3v) is 2.89. The number of nitrogens with zero attached hydrogens (tertiary/aromatic N) is 1. The van der Waals surface area contributed by atoms with Crippen molar-refractivity contribution in [2.24, 2.45) is 0 Å². The van der Waals surface area contributed by atoms with Crippen LogP contribution in [0.15, 0.2) is 22.7 Å². The molecule has 5 heteroatoms. The summed E-state index contributed by atoms with van der Waals surface area (Å²) in [5, 5.41) is 2.75. The molecule has 0 aliphatic rings. The zero-order valence-electron chi connectivity index (χ0n) is 9.96. The first kappa shape index (κ1) is 14.1. The molecular weight excluding hydrogens is 287 g/mol. The molecule has 0 atom stereocenters. The maximum absolute atomic E-state index is 13.2. The van der Waals surface area contributed by atoms with E-state index in [0.29, 0.717) is 16.6 Å². The molecule has 0 heterocycles. The molecule has 1 aromatic rings. The molecule has 0 unspecified atom stereocenters. The Balaban J connectivity index is 2.44. The Morgan fingerprint density at radius 2 is 2.18 bits per heavy atom. The lowest BCUT2D eigenvalue weighted by atomic mass is 10.2. The fourth-order valence-corrected chi connectivity index (χ4v) is 1.58. The van der Waals surface area contributed by atoms with Crippen molar-refractivity contribution >= 4 is 21.8 Å². The average Bonchev–Trinajstić information content (AvgIpc) is 2.27. The number of halogens is 2. The zero-order valence-corrected chi connectivity index (χ0v) is 11.6. The third-order valence-electron chi connectivity index (χ3n) is 2.25. The number of benzene rings is 1. The summed E-state index contributed by atoms with van der Waals surface area (Å²) in [5.74, 6) is -0.666. The Bertz CT molecular complexity index is 396. The molecule has 0 spiro atoms. The second kappa shape index (κ2) is 6.71. The van der Waals surface area contributed by atoms with Crippen LogP contribution in [0.4, 0.5) is 4.39 Å². The van der Waals surface area contributed by atoms with Crippen molar-refractivity contribution in [1.29, 1.82) is 0 Å². The smallest absolute Gasteiger partial charge is 0.251 e. The SMILES string of the molecule is CN(C)CCCNC(=O)c1ccc(Br)c(F)c1. The Kier molecular flexibility index (Phi) is 5.58. The standard InChI is InChI=1S/C12H16BrFN2O/c1-16(2)7-3-6-15-12(17)9-4-5-10(13)11(14)8-9/h4-5,8H,3,6-7H2,1-2H3,(H,15,17).